The van der Waals surface area contributed by atoms with Crippen LogP contribution in [0.4, 0.5) is 8.78 Å². The third-order valence-corrected chi connectivity index (χ3v) is 3.85. The molecule has 100 valence electrons. The molecule has 5 heteroatoms. The lowest BCUT2D eigenvalue weighted by Crippen LogP contribution is -1.98. The minimum absolute atomic E-state index is 0.438. The van der Waals surface area contributed by atoms with Gasteiger partial charge in [-0.25, -0.2) is 8.78 Å². The van der Waals surface area contributed by atoms with E-state index in [-0.39, 0.29) is 0 Å². The predicted octanol–water partition coefficient (Wildman–Crippen LogP) is 5.79. The molecule has 0 saturated heterocycles. The molecule has 1 unspecified atom stereocenters. The number of benzene rings is 2. The summed E-state index contributed by atoms with van der Waals surface area (Å²) in [4.78, 5) is 0. The molecule has 0 radical (unpaired) electrons. The minimum atomic E-state index is -0.905. The van der Waals surface area contributed by atoms with Gasteiger partial charge in [-0.05, 0) is 41.8 Å². The van der Waals surface area contributed by atoms with Crippen molar-refractivity contribution in [3.05, 3.63) is 69.2 Å². The van der Waals surface area contributed by atoms with Crippen LogP contribution in [-0.4, -0.2) is 0 Å². The van der Waals surface area contributed by atoms with Crippen LogP contribution in [-0.2, 0) is 6.42 Å². The molecule has 1 atom stereocenters. The number of hydrogen-bond acceptors (Lipinski definition) is 0. The Morgan fingerprint density at radius 1 is 0.895 bits per heavy atom. The van der Waals surface area contributed by atoms with Gasteiger partial charge in [0.1, 0.15) is 0 Å². The minimum Gasteiger partial charge on any atom is -0.204 e. The SMILES string of the molecule is Fc1ccc(C(Cl)Cc2ccc(Cl)c(Cl)c2)cc1F. The summed E-state index contributed by atoms with van der Waals surface area (Å²) in [6.07, 6.45) is 0.448. The Kier molecular flexibility index (Phi) is 4.67. The van der Waals surface area contributed by atoms with Crippen LogP contribution in [0.1, 0.15) is 16.5 Å². The summed E-state index contributed by atoms with van der Waals surface area (Å²) >= 11 is 17.9. The van der Waals surface area contributed by atoms with Gasteiger partial charge in [0.15, 0.2) is 11.6 Å². The molecular formula is C14H9Cl3F2. The monoisotopic (exact) mass is 320 g/mol. The summed E-state index contributed by atoms with van der Waals surface area (Å²) in [6.45, 7) is 0. The van der Waals surface area contributed by atoms with Gasteiger partial charge in [-0.3, -0.25) is 0 Å². The zero-order valence-electron chi connectivity index (χ0n) is 9.64. The number of alkyl halides is 1. The van der Waals surface area contributed by atoms with E-state index in [9.17, 15) is 8.78 Å². The van der Waals surface area contributed by atoms with Crippen molar-refractivity contribution in [2.45, 2.75) is 11.8 Å². The lowest BCUT2D eigenvalue weighted by Gasteiger charge is -2.11. The smallest absolute Gasteiger partial charge is 0.159 e. The third-order valence-electron chi connectivity index (χ3n) is 2.70. The molecule has 2 aromatic carbocycles. The highest BCUT2D eigenvalue weighted by Crippen LogP contribution is 2.29. The van der Waals surface area contributed by atoms with Crippen molar-refractivity contribution < 1.29 is 8.78 Å². The highest BCUT2D eigenvalue weighted by atomic mass is 35.5. The largest absolute Gasteiger partial charge is 0.204 e. The molecule has 0 aliphatic heterocycles. The molecule has 0 fully saturated rings. The summed E-state index contributed by atoms with van der Waals surface area (Å²) in [7, 11) is 0. The summed E-state index contributed by atoms with van der Waals surface area (Å²) in [6, 6.07) is 8.81. The van der Waals surface area contributed by atoms with Gasteiger partial charge in [-0.15, -0.1) is 11.6 Å². The fourth-order valence-electron chi connectivity index (χ4n) is 1.70. The zero-order chi connectivity index (χ0) is 14.0. The summed E-state index contributed by atoms with van der Waals surface area (Å²) in [5, 5.41) is 0.435. The van der Waals surface area contributed by atoms with Crippen LogP contribution in [0.25, 0.3) is 0 Å². The molecule has 2 rings (SSSR count). The van der Waals surface area contributed by atoms with Crippen molar-refractivity contribution in [3.8, 4) is 0 Å². The molecule has 0 bridgehead atoms. The molecule has 0 aliphatic carbocycles. The van der Waals surface area contributed by atoms with Crippen LogP contribution in [0.5, 0.6) is 0 Å². The zero-order valence-corrected chi connectivity index (χ0v) is 11.9. The molecule has 0 saturated carbocycles. The summed E-state index contributed by atoms with van der Waals surface area (Å²) in [5.74, 6) is -1.79. The Labute approximate surface area is 124 Å². The van der Waals surface area contributed by atoms with Crippen LogP contribution in [0, 0.1) is 11.6 Å². The lowest BCUT2D eigenvalue weighted by molar-refractivity contribution is 0.507. The molecule has 0 aliphatic rings. The first-order valence-corrected chi connectivity index (χ1v) is 6.69. The second-order valence-electron chi connectivity index (χ2n) is 4.09. The average Bonchev–Trinajstić information content (AvgIpc) is 2.37. The quantitative estimate of drug-likeness (QED) is 0.627. The van der Waals surface area contributed by atoms with E-state index in [0.717, 1.165) is 17.7 Å². The first-order chi connectivity index (χ1) is 8.97. The molecule has 0 heterocycles. The van der Waals surface area contributed by atoms with Gasteiger partial charge in [0, 0.05) is 0 Å². The van der Waals surface area contributed by atoms with Gasteiger partial charge in [0.25, 0.3) is 0 Å². The molecule has 0 spiro atoms. The topological polar surface area (TPSA) is 0 Å². The van der Waals surface area contributed by atoms with E-state index in [4.69, 9.17) is 34.8 Å². The van der Waals surface area contributed by atoms with Gasteiger partial charge in [0.2, 0.25) is 0 Å². The van der Waals surface area contributed by atoms with Crippen molar-refractivity contribution in [2.75, 3.05) is 0 Å². The Morgan fingerprint density at radius 3 is 2.26 bits per heavy atom. The van der Waals surface area contributed by atoms with E-state index in [2.05, 4.69) is 0 Å². The Morgan fingerprint density at radius 2 is 1.63 bits per heavy atom. The van der Waals surface area contributed by atoms with Gasteiger partial charge in [0.05, 0.1) is 15.4 Å². The lowest BCUT2D eigenvalue weighted by atomic mass is 10.0. The highest BCUT2D eigenvalue weighted by Gasteiger charge is 2.12. The van der Waals surface area contributed by atoms with Crippen molar-refractivity contribution in [2.24, 2.45) is 0 Å². The maximum absolute atomic E-state index is 13.1. The van der Waals surface area contributed by atoms with Crippen molar-refractivity contribution in [1.82, 2.24) is 0 Å². The van der Waals surface area contributed by atoms with Gasteiger partial charge in [-0.1, -0.05) is 35.3 Å². The van der Waals surface area contributed by atoms with Crippen molar-refractivity contribution in [1.29, 1.82) is 0 Å². The van der Waals surface area contributed by atoms with Gasteiger partial charge < -0.3 is 0 Å². The maximum atomic E-state index is 13.1. The second kappa shape index (κ2) is 6.08. The Hall–Kier alpha value is -0.830. The number of rotatable bonds is 3. The van der Waals surface area contributed by atoms with E-state index >= 15 is 0 Å². The molecule has 19 heavy (non-hydrogen) atoms. The first-order valence-electron chi connectivity index (χ1n) is 5.50. The summed E-state index contributed by atoms with van der Waals surface area (Å²) < 4.78 is 26.0. The predicted molar refractivity (Wildman–Crippen MR) is 75.1 cm³/mol. The van der Waals surface area contributed by atoms with Crippen LogP contribution in [0.3, 0.4) is 0 Å². The van der Waals surface area contributed by atoms with E-state index < -0.39 is 17.0 Å². The van der Waals surface area contributed by atoms with Gasteiger partial charge in [-0.2, -0.15) is 0 Å². The first kappa shape index (κ1) is 14.6. The normalized spacial score (nSPS) is 12.5. The number of halogens is 5. The molecule has 0 N–H and O–H groups in total. The maximum Gasteiger partial charge on any atom is 0.159 e. The second-order valence-corrected chi connectivity index (χ2v) is 5.43. The van der Waals surface area contributed by atoms with E-state index in [0.29, 0.717) is 22.0 Å². The molecule has 0 nitrogen and oxygen atoms in total. The average molecular weight is 322 g/mol. The molecular weight excluding hydrogens is 313 g/mol. The fourth-order valence-corrected chi connectivity index (χ4v) is 2.33. The molecule has 0 amide bonds. The Bertz CT molecular complexity index is 599. The van der Waals surface area contributed by atoms with Gasteiger partial charge >= 0.3 is 0 Å². The van der Waals surface area contributed by atoms with Crippen molar-refractivity contribution >= 4 is 34.8 Å². The number of hydrogen-bond donors (Lipinski definition) is 0. The van der Waals surface area contributed by atoms with Crippen molar-refractivity contribution in [3.63, 3.8) is 0 Å². The highest BCUT2D eigenvalue weighted by molar-refractivity contribution is 6.42. The van der Waals surface area contributed by atoms with E-state index in [1.165, 1.54) is 6.07 Å². The van der Waals surface area contributed by atoms with Crippen LogP contribution < -0.4 is 0 Å². The van der Waals surface area contributed by atoms with E-state index in [1.54, 1.807) is 18.2 Å². The molecule has 0 aromatic heterocycles. The van der Waals surface area contributed by atoms with Crippen LogP contribution in [0.2, 0.25) is 10.0 Å². The third kappa shape index (κ3) is 3.59. The standard InChI is InChI=1S/C14H9Cl3F2/c15-10-3-1-8(6-12(10)17)5-11(16)9-2-4-13(18)14(19)7-9/h1-4,6-7,11H,5H2. The van der Waals surface area contributed by atoms with E-state index in [1.807, 2.05) is 0 Å². The van der Waals surface area contributed by atoms with Crippen LogP contribution >= 0.6 is 34.8 Å². The molecule has 2 aromatic rings. The summed E-state index contributed by atoms with van der Waals surface area (Å²) in [5.41, 5.74) is 1.39. The fraction of sp³-hybridized carbons (Fsp3) is 0.143. The Balaban J connectivity index is 2.17. The van der Waals surface area contributed by atoms with Crippen LogP contribution in [0.15, 0.2) is 36.4 Å².